The molecule has 0 saturated heterocycles. The zero-order valence-corrected chi connectivity index (χ0v) is 8.84. The first-order chi connectivity index (χ1) is 6.77. The van der Waals surface area contributed by atoms with E-state index in [1.807, 2.05) is 13.0 Å². The molecule has 0 aliphatic carbocycles. The molecule has 0 fully saturated rings. The highest BCUT2D eigenvalue weighted by atomic mass is 16.1. The molecule has 1 aromatic carbocycles. The van der Waals surface area contributed by atoms with Gasteiger partial charge in [-0.2, -0.15) is 0 Å². The van der Waals surface area contributed by atoms with Crippen LogP contribution >= 0.6 is 0 Å². The molecule has 0 bridgehead atoms. The minimum absolute atomic E-state index is 0.740. The number of hydrogen-bond donors (Lipinski definition) is 1. The number of unbranched alkanes of at least 4 members (excludes halogenated alkanes) is 1. The van der Waals surface area contributed by atoms with Crippen molar-refractivity contribution >= 4 is 12.1 Å². The van der Waals surface area contributed by atoms with Gasteiger partial charge in [-0.25, -0.2) is 0 Å². The van der Waals surface area contributed by atoms with Gasteiger partial charge in [0, 0.05) is 5.69 Å². The summed E-state index contributed by atoms with van der Waals surface area (Å²) in [6.07, 6.45) is 4.11. The Bertz CT molecular complexity index is 307. The summed E-state index contributed by atoms with van der Waals surface area (Å²) in [7, 11) is 0. The molecule has 0 atom stereocenters. The zero-order chi connectivity index (χ0) is 10.4. The monoisotopic (exact) mass is 191 g/mol. The maximum Gasteiger partial charge on any atom is 0.211 e. The molecule has 0 aromatic heterocycles. The normalized spacial score (nSPS) is 9.86. The van der Waals surface area contributed by atoms with Gasteiger partial charge in [0.1, 0.15) is 0 Å². The summed E-state index contributed by atoms with van der Waals surface area (Å²) >= 11 is 0. The van der Waals surface area contributed by atoms with Crippen LogP contribution in [-0.2, 0) is 11.2 Å². The first-order valence-corrected chi connectivity index (χ1v) is 5.07. The molecule has 1 aromatic rings. The van der Waals surface area contributed by atoms with Crippen LogP contribution in [0.25, 0.3) is 0 Å². The molecule has 0 radical (unpaired) electrons. The number of anilines is 1. The van der Waals surface area contributed by atoms with Crippen molar-refractivity contribution in [1.82, 2.24) is 0 Å². The SMILES string of the molecule is CCCCc1ccc(C)cc1NC=O. The predicted molar refractivity (Wildman–Crippen MR) is 59.5 cm³/mol. The molecule has 0 spiro atoms. The molecule has 2 nitrogen and oxygen atoms in total. The van der Waals surface area contributed by atoms with Gasteiger partial charge in [0.25, 0.3) is 0 Å². The van der Waals surface area contributed by atoms with Gasteiger partial charge in [-0.3, -0.25) is 4.79 Å². The van der Waals surface area contributed by atoms with Gasteiger partial charge in [-0.1, -0.05) is 25.5 Å². The van der Waals surface area contributed by atoms with E-state index in [2.05, 4.69) is 24.4 Å². The Kier molecular flexibility index (Phi) is 4.17. The number of aryl methyl sites for hydroxylation is 2. The largest absolute Gasteiger partial charge is 0.328 e. The summed E-state index contributed by atoms with van der Waals surface area (Å²) in [5.74, 6) is 0. The van der Waals surface area contributed by atoms with Gasteiger partial charge in [0.05, 0.1) is 0 Å². The Morgan fingerprint density at radius 2 is 2.21 bits per heavy atom. The van der Waals surface area contributed by atoms with Crippen LogP contribution in [0.1, 0.15) is 30.9 Å². The molecule has 76 valence electrons. The van der Waals surface area contributed by atoms with E-state index in [1.54, 1.807) is 0 Å². The molecule has 0 saturated carbocycles. The Morgan fingerprint density at radius 3 is 2.86 bits per heavy atom. The number of rotatable bonds is 5. The highest BCUT2D eigenvalue weighted by Gasteiger charge is 2.01. The molecule has 0 heterocycles. The fourth-order valence-electron chi connectivity index (χ4n) is 1.47. The number of carbonyl (C=O) groups excluding carboxylic acids is 1. The highest BCUT2D eigenvalue weighted by Crippen LogP contribution is 2.18. The van der Waals surface area contributed by atoms with E-state index in [0.29, 0.717) is 0 Å². The molecule has 0 aliphatic rings. The summed E-state index contributed by atoms with van der Waals surface area (Å²) in [5.41, 5.74) is 3.35. The molecule has 0 unspecified atom stereocenters. The average molecular weight is 191 g/mol. The van der Waals surface area contributed by atoms with Gasteiger partial charge < -0.3 is 5.32 Å². The lowest BCUT2D eigenvalue weighted by Gasteiger charge is -2.08. The Morgan fingerprint density at radius 1 is 1.43 bits per heavy atom. The maximum atomic E-state index is 10.4. The standard InChI is InChI=1S/C12H17NO/c1-3-4-5-11-7-6-10(2)8-12(11)13-9-14/h6-9H,3-5H2,1-2H3,(H,13,14). The van der Waals surface area contributed by atoms with Crippen LogP contribution in [0.4, 0.5) is 5.69 Å². The van der Waals surface area contributed by atoms with Gasteiger partial charge in [0.15, 0.2) is 0 Å². The minimum atomic E-state index is 0.740. The van der Waals surface area contributed by atoms with Gasteiger partial charge in [-0.15, -0.1) is 0 Å². The second-order valence-electron chi connectivity index (χ2n) is 3.53. The topological polar surface area (TPSA) is 29.1 Å². The Hall–Kier alpha value is -1.31. The third kappa shape index (κ3) is 2.87. The van der Waals surface area contributed by atoms with Crippen molar-refractivity contribution in [2.24, 2.45) is 0 Å². The fourth-order valence-corrected chi connectivity index (χ4v) is 1.47. The summed E-state index contributed by atoms with van der Waals surface area (Å²) in [6.45, 7) is 4.20. The van der Waals surface area contributed by atoms with Crippen molar-refractivity contribution in [3.05, 3.63) is 29.3 Å². The summed E-state index contributed by atoms with van der Waals surface area (Å²) in [5, 5.41) is 2.75. The molecule has 1 N–H and O–H groups in total. The van der Waals surface area contributed by atoms with Gasteiger partial charge in [0.2, 0.25) is 6.41 Å². The lowest BCUT2D eigenvalue weighted by molar-refractivity contribution is -0.105. The van der Waals surface area contributed by atoms with Crippen molar-refractivity contribution in [1.29, 1.82) is 0 Å². The first kappa shape index (κ1) is 10.8. The summed E-state index contributed by atoms with van der Waals surface area (Å²) in [6, 6.07) is 6.19. The van der Waals surface area contributed by atoms with Crippen LogP contribution in [0.5, 0.6) is 0 Å². The Labute approximate surface area is 85.3 Å². The molecular formula is C12H17NO. The molecule has 2 heteroatoms. The second-order valence-corrected chi connectivity index (χ2v) is 3.53. The van der Waals surface area contributed by atoms with Crippen LogP contribution in [0.3, 0.4) is 0 Å². The number of hydrogen-bond acceptors (Lipinski definition) is 1. The van der Waals surface area contributed by atoms with Crippen LogP contribution in [0.15, 0.2) is 18.2 Å². The average Bonchev–Trinajstić information content (AvgIpc) is 2.17. The molecule has 14 heavy (non-hydrogen) atoms. The first-order valence-electron chi connectivity index (χ1n) is 5.07. The van der Waals surface area contributed by atoms with Crippen molar-refractivity contribution in [3.8, 4) is 0 Å². The van der Waals surface area contributed by atoms with E-state index >= 15 is 0 Å². The number of carbonyl (C=O) groups is 1. The van der Waals surface area contributed by atoms with E-state index in [4.69, 9.17) is 0 Å². The molecule has 1 amide bonds. The van der Waals surface area contributed by atoms with Crippen molar-refractivity contribution in [2.45, 2.75) is 33.1 Å². The van der Waals surface area contributed by atoms with Crippen LogP contribution < -0.4 is 5.32 Å². The van der Waals surface area contributed by atoms with Crippen molar-refractivity contribution in [3.63, 3.8) is 0 Å². The lowest BCUT2D eigenvalue weighted by Crippen LogP contribution is -1.99. The number of benzene rings is 1. The smallest absolute Gasteiger partial charge is 0.211 e. The number of amides is 1. The number of nitrogens with one attached hydrogen (secondary N) is 1. The van der Waals surface area contributed by atoms with Crippen LogP contribution in [-0.4, -0.2) is 6.41 Å². The van der Waals surface area contributed by atoms with E-state index in [1.165, 1.54) is 17.5 Å². The predicted octanol–water partition coefficient (Wildman–Crippen LogP) is 2.91. The molecular weight excluding hydrogens is 174 g/mol. The van der Waals surface area contributed by atoms with E-state index in [0.717, 1.165) is 24.9 Å². The summed E-state index contributed by atoms with van der Waals surface area (Å²) < 4.78 is 0. The fraction of sp³-hybridized carbons (Fsp3) is 0.417. The summed E-state index contributed by atoms with van der Waals surface area (Å²) in [4.78, 5) is 10.4. The van der Waals surface area contributed by atoms with Crippen LogP contribution in [0.2, 0.25) is 0 Å². The highest BCUT2D eigenvalue weighted by molar-refractivity contribution is 5.73. The minimum Gasteiger partial charge on any atom is -0.328 e. The third-order valence-electron chi connectivity index (χ3n) is 2.28. The van der Waals surface area contributed by atoms with Gasteiger partial charge >= 0.3 is 0 Å². The quantitative estimate of drug-likeness (QED) is 0.712. The molecule has 0 aliphatic heterocycles. The zero-order valence-electron chi connectivity index (χ0n) is 8.84. The van der Waals surface area contributed by atoms with Crippen molar-refractivity contribution in [2.75, 3.05) is 5.32 Å². The third-order valence-corrected chi connectivity index (χ3v) is 2.28. The van der Waals surface area contributed by atoms with E-state index in [9.17, 15) is 4.79 Å². The van der Waals surface area contributed by atoms with E-state index in [-0.39, 0.29) is 0 Å². The Balaban J connectivity index is 2.83. The van der Waals surface area contributed by atoms with E-state index < -0.39 is 0 Å². The molecule has 1 rings (SSSR count). The lowest BCUT2D eigenvalue weighted by atomic mass is 10.0. The maximum absolute atomic E-state index is 10.4. The van der Waals surface area contributed by atoms with Crippen molar-refractivity contribution < 1.29 is 4.79 Å². The van der Waals surface area contributed by atoms with Crippen LogP contribution in [0, 0.1) is 6.92 Å². The second kappa shape index (κ2) is 5.43. The van der Waals surface area contributed by atoms with Gasteiger partial charge in [-0.05, 0) is 37.0 Å².